The molecule has 0 aliphatic carbocycles. The lowest BCUT2D eigenvalue weighted by atomic mass is 10.0. The lowest BCUT2D eigenvalue weighted by Crippen LogP contribution is -2.13. The summed E-state index contributed by atoms with van der Waals surface area (Å²) in [6.45, 7) is 9.27. The monoisotopic (exact) mass is 1300 g/mol. The normalized spacial score (nSPS) is 10.6. The van der Waals surface area contributed by atoms with Gasteiger partial charge in [-0.25, -0.2) is 0 Å². The maximum absolute atomic E-state index is 11.9. The van der Waals surface area contributed by atoms with E-state index in [0.717, 1.165) is 51.4 Å². The number of esters is 3. The Hall–Kier alpha value is -2.24. The van der Waals surface area contributed by atoms with Crippen LogP contribution in [-0.2, 0) is 33.4 Å². The SMILES string of the molecule is C.C.CCCCCCCCCCCCCCCCCC(=O)O.CCCCCCCCCCCCCCCCCC(=O)OCCO.CCCCCCCCCCCCCCCCCC(=O)OCCOC(=O)CCCCCCCCCCCCCCCCC.OCCO. The first kappa shape index (κ1) is 99.8. The number of carbonyl (C=O) groups is 4. The molecule has 0 amide bonds. The van der Waals surface area contributed by atoms with Crippen LogP contribution in [0.5, 0.6) is 0 Å². The van der Waals surface area contributed by atoms with E-state index in [4.69, 9.17) is 34.6 Å². The topological polar surface area (TPSA) is 177 Å². The zero-order valence-electron chi connectivity index (χ0n) is 60.1. The van der Waals surface area contributed by atoms with Crippen molar-refractivity contribution >= 4 is 23.9 Å². The zero-order valence-corrected chi connectivity index (χ0v) is 60.1. The van der Waals surface area contributed by atoms with Crippen LogP contribution in [0, 0.1) is 0 Å². The molecule has 11 heteroatoms. The number of carboxylic acid groups (broad SMARTS) is 1. The highest BCUT2D eigenvalue weighted by Crippen LogP contribution is 2.19. The Morgan fingerprint density at radius 1 is 0.209 bits per heavy atom. The third-order valence-corrected chi connectivity index (χ3v) is 17.0. The molecule has 0 atom stereocenters. The van der Waals surface area contributed by atoms with Gasteiger partial charge in [-0.2, -0.15) is 0 Å². The highest BCUT2D eigenvalue weighted by atomic mass is 16.6. The molecule has 0 aliphatic rings. The van der Waals surface area contributed by atoms with Crippen LogP contribution in [0.3, 0.4) is 0 Å². The molecule has 0 unspecified atom stereocenters. The van der Waals surface area contributed by atoms with E-state index in [-0.39, 0.29) is 72.4 Å². The third-order valence-electron chi connectivity index (χ3n) is 17.0. The van der Waals surface area contributed by atoms with Crippen LogP contribution in [0.1, 0.15) is 453 Å². The predicted molar refractivity (Wildman–Crippen MR) is 393 cm³/mol. The first-order valence-electron chi connectivity index (χ1n) is 39.2. The van der Waals surface area contributed by atoms with Crippen molar-refractivity contribution < 1.29 is 53.8 Å². The minimum Gasteiger partial charge on any atom is -0.481 e. The summed E-state index contributed by atoms with van der Waals surface area (Å²) in [4.78, 5) is 45.3. The minimum absolute atomic E-state index is 0. The number of ether oxygens (including phenoxy) is 3. The molecule has 0 spiro atoms. The fraction of sp³-hybridized carbons (Fsp3) is 0.950. The molecule has 0 aliphatic heterocycles. The minimum atomic E-state index is -0.653. The second kappa shape index (κ2) is 96.4. The van der Waals surface area contributed by atoms with Crippen molar-refractivity contribution in [2.45, 2.75) is 453 Å². The van der Waals surface area contributed by atoms with Gasteiger partial charge in [0.2, 0.25) is 0 Å². The van der Waals surface area contributed by atoms with Crippen LogP contribution >= 0.6 is 0 Å². The molecule has 11 nitrogen and oxygen atoms in total. The van der Waals surface area contributed by atoms with Gasteiger partial charge in [0.1, 0.15) is 19.8 Å². The van der Waals surface area contributed by atoms with Crippen LogP contribution in [0.2, 0.25) is 0 Å². The molecule has 91 heavy (non-hydrogen) atoms. The molecule has 0 saturated carbocycles. The molecule has 550 valence electrons. The Balaban J connectivity index is -0.000000311. The van der Waals surface area contributed by atoms with E-state index in [0.29, 0.717) is 25.7 Å². The molecular formula is C80H164O11. The molecule has 0 heterocycles. The Bertz CT molecular complexity index is 1260. The molecule has 0 rings (SSSR count). The van der Waals surface area contributed by atoms with Crippen molar-refractivity contribution in [3.8, 4) is 0 Å². The van der Waals surface area contributed by atoms with Crippen LogP contribution in [-0.4, -0.2) is 83.9 Å². The van der Waals surface area contributed by atoms with E-state index >= 15 is 0 Å². The van der Waals surface area contributed by atoms with Gasteiger partial charge in [0, 0.05) is 25.7 Å². The summed E-state index contributed by atoms with van der Waals surface area (Å²) in [6, 6.07) is 0. The summed E-state index contributed by atoms with van der Waals surface area (Å²) in [5.74, 6) is -1.15. The number of aliphatic hydroxyl groups is 3. The van der Waals surface area contributed by atoms with E-state index in [2.05, 4.69) is 27.7 Å². The third kappa shape index (κ3) is 107. The van der Waals surface area contributed by atoms with Gasteiger partial charge in [-0.1, -0.05) is 402 Å². The highest BCUT2D eigenvalue weighted by Gasteiger charge is 2.07. The Kier molecular flexibility index (Phi) is 106. The number of carbonyl (C=O) groups excluding carboxylic acids is 3. The average molecular weight is 1300 g/mol. The van der Waals surface area contributed by atoms with Crippen molar-refractivity contribution in [1.29, 1.82) is 0 Å². The lowest BCUT2D eigenvalue weighted by molar-refractivity contribution is -0.152. The number of unbranched alkanes of at least 4 members (excludes halogenated alkanes) is 56. The molecule has 0 bridgehead atoms. The molecule has 4 N–H and O–H groups in total. The van der Waals surface area contributed by atoms with Crippen molar-refractivity contribution in [3.63, 3.8) is 0 Å². The maximum atomic E-state index is 11.9. The first-order chi connectivity index (χ1) is 43.7. The molecule has 0 fully saturated rings. The largest absolute Gasteiger partial charge is 0.481 e. The van der Waals surface area contributed by atoms with Gasteiger partial charge < -0.3 is 34.6 Å². The molecule has 0 aromatic rings. The van der Waals surface area contributed by atoms with E-state index < -0.39 is 5.97 Å². The second-order valence-corrected chi connectivity index (χ2v) is 26.0. The van der Waals surface area contributed by atoms with Crippen molar-refractivity contribution in [1.82, 2.24) is 0 Å². The van der Waals surface area contributed by atoms with E-state index in [1.165, 1.54) is 334 Å². The second-order valence-electron chi connectivity index (χ2n) is 26.0. The molecule has 0 radical (unpaired) electrons. The number of rotatable bonds is 70. The number of hydrogen-bond donors (Lipinski definition) is 4. The van der Waals surface area contributed by atoms with Gasteiger partial charge in [-0.3, -0.25) is 19.2 Å². The fourth-order valence-electron chi connectivity index (χ4n) is 11.3. The van der Waals surface area contributed by atoms with Gasteiger partial charge in [-0.05, 0) is 25.7 Å². The summed E-state index contributed by atoms with van der Waals surface area (Å²) in [5.41, 5.74) is 0. The summed E-state index contributed by atoms with van der Waals surface area (Å²) >= 11 is 0. The van der Waals surface area contributed by atoms with Gasteiger partial charge in [0.05, 0.1) is 19.8 Å². The van der Waals surface area contributed by atoms with Crippen LogP contribution in [0.4, 0.5) is 0 Å². The van der Waals surface area contributed by atoms with E-state index in [1.54, 1.807) is 0 Å². The quantitative estimate of drug-likeness (QED) is 0.0259. The number of aliphatic carboxylic acids is 1. The van der Waals surface area contributed by atoms with Gasteiger partial charge in [0.25, 0.3) is 0 Å². The number of carboxylic acids is 1. The Labute approximate surface area is 568 Å². The molecule has 0 saturated heterocycles. The van der Waals surface area contributed by atoms with Gasteiger partial charge >= 0.3 is 23.9 Å². The number of hydrogen-bond acceptors (Lipinski definition) is 10. The summed E-state index contributed by atoms with van der Waals surface area (Å²) in [7, 11) is 0. The number of aliphatic hydroxyl groups excluding tert-OH is 3. The summed E-state index contributed by atoms with van der Waals surface area (Å²) in [5, 5.41) is 32.3. The van der Waals surface area contributed by atoms with E-state index in [9.17, 15) is 19.2 Å². The van der Waals surface area contributed by atoms with E-state index in [1.807, 2.05) is 0 Å². The molecular weight excluding hydrogens is 1140 g/mol. The lowest BCUT2D eigenvalue weighted by Gasteiger charge is -2.07. The fourth-order valence-corrected chi connectivity index (χ4v) is 11.3. The Morgan fingerprint density at radius 3 is 0.495 bits per heavy atom. The smallest absolute Gasteiger partial charge is 0.305 e. The van der Waals surface area contributed by atoms with Crippen LogP contribution in [0.15, 0.2) is 0 Å². The predicted octanol–water partition coefficient (Wildman–Crippen LogP) is 25.0. The highest BCUT2D eigenvalue weighted by molar-refractivity contribution is 5.70. The summed E-state index contributed by atoms with van der Waals surface area (Å²) in [6.07, 6.45) is 81.2. The molecule has 0 aromatic carbocycles. The van der Waals surface area contributed by atoms with Crippen LogP contribution in [0.25, 0.3) is 0 Å². The zero-order chi connectivity index (χ0) is 65.9. The summed E-state index contributed by atoms with van der Waals surface area (Å²) < 4.78 is 15.3. The van der Waals surface area contributed by atoms with Crippen molar-refractivity contribution in [2.24, 2.45) is 0 Å². The van der Waals surface area contributed by atoms with Gasteiger partial charge in [0.15, 0.2) is 0 Å². The Morgan fingerprint density at radius 2 is 0.352 bits per heavy atom. The van der Waals surface area contributed by atoms with Gasteiger partial charge in [-0.15, -0.1) is 0 Å². The molecule has 0 aromatic heterocycles. The average Bonchev–Trinajstić information content (AvgIpc) is 3.54. The van der Waals surface area contributed by atoms with Crippen molar-refractivity contribution in [2.75, 3.05) is 39.6 Å². The van der Waals surface area contributed by atoms with Crippen molar-refractivity contribution in [3.05, 3.63) is 0 Å². The first-order valence-corrected chi connectivity index (χ1v) is 39.2. The standard InChI is InChI=1S/C38H74O4.C20H40O3.C18H36O2.C2H6O2.2CH4/c1-3-5-7-9-11-13-15-17-19-21-23-25-27-29-31-33-37(39)41-35-36-42-38(40)34-32-30-28-26-24-22-20-18-16-14-12-10-8-6-4-2;1-2-3-4-5-6-7-8-9-10-11-12-13-14-15-16-17-20(22)23-19-18-21;1-2-3-4-5-6-7-8-9-10-11-12-13-14-15-16-17-18(19)20;3-1-2-4;;/h3-36H2,1-2H3;21H,2-19H2,1H3;2-17H2,1H3,(H,19,20);3-4H,1-2H2;2*1H4. The van der Waals surface area contributed by atoms with Crippen LogP contribution < -0.4 is 0 Å². The maximum Gasteiger partial charge on any atom is 0.305 e.